The van der Waals surface area contributed by atoms with E-state index in [0.717, 1.165) is 16.9 Å². The van der Waals surface area contributed by atoms with Gasteiger partial charge < -0.3 is 9.47 Å². The molecular weight excluding hydrogens is 240 g/mol. The Bertz CT molecular complexity index is 551. The van der Waals surface area contributed by atoms with Crippen molar-refractivity contribution in [1.29, 1.82) is 0 Å². The predicted molar refractivity (Wildman–Crippen MR) is 75.1 cm³/mol. The maximum atomic E-state index is 11.3. The van der Waals surface area contributed by atoms with Gasteiger partial charge in [-0.3, -0.25) is 4.79 Å². The zero-order chi connectivity index (χ0) is 13.9. The van der Waals surface area contributed by atoms with E-state index in [1.54, 1.807) is 32.4 Å². The molecule has 0 heterocycles. The average Bonchev–Trinajstić information content (AvgIpc) is 2.48. The molecule has 0 unspecified atom stereocenters. The summed E-state index contributed by atoms with van der Waals surface area (Å²) in [4.78, 5) is 11.3. The zero-order valence-corrected chi connectivity index (χ0v) is 11.1. The lowest BCUT2D eigenvalue weighted by Crippen LogP contribution is -2.27. The normalized spacial score (nSPS) is 16.4. The summed E-state index contributed by atoms with van der Waals surface area (Å²) in [5.74, 6) is 0.687. The lowest BCUT2D eigenvalue weighted by atomic mass is 9.86. The summed E-state index contributed by atoms with van der Waals surface area (Å²) in [5.41, 5.74) is 1.07. The molecule has 1 aliphatic rings. The van der Waals surface area contributed by atoms with Gasteiger partial charge in [-0.15, -0.1) is 0 Å². The molecule has 0 amide bonds. The molecule has 0 radical (unpaired) electrons. The molecule has 1 aromatic carbocycles. The van der Waals surface area contributed by atoms with Crippen LogP contribution in [0.3, 0.4) is 0 Å². The molecule has 0 saturated carbocycles. The Labute approximate surface area is 112 Å². The summed E-state index contributed by atoms with van der Waals surface area (Å²) < 4.78 is 10.9. The van der Waals surface area contributed by atoms with Crippen LogP contribution in [-0.2, 0) is 15.1 Å². The second-order valence-corrected chi connectivity index (χ2v) is 4.22. The topological polar surface area (TPSA) is 35.5 Å². The van der Waals surface area contributed by atoms with Crippen molar-refractivity contribution in [2.75, 3.05) is 14.2 Å². The Morgan fingerprint density at radius 3 is 2.42 bits per heavy atom. The largest absolute Gasteiger partial charge is 0.497 e. The molecule has 0 aromatic heterocycles. The first-order valence-corrected chi connectivity index (χ1v) is 5.94. The van der Waals surface area contributed by atoms with Crippen LogP contribution in [0.2, 0.25) is 0 Å². The summed E-state index contributed by atoms with van der Waals surface area (Å²) in [6, 6.07) is 5.68. The van der Waals surface area contributed by atoms with Gasteiger partial charge in [0.15, 0.2) is 5.78 Å². The van der Waals surface area contributed by atoms with E-state index in [1.165, 1.54) is 12.2 Å². The van der Waals surface area contributed by atoms with Gasteiger partial charge in [0.25, 0.3) is 0 Å². The smallest absolute Gasteiger partial charge is 0.178 e. The third kappa shape index (κ3) is 2.37. The first-order chi connectivity index (χ1) is 9.15. The molecule has 1 aromatic rings. The summed E-state index contributed by atoms with van der Waals surface area (Å²) >= 11 is 0. The van der Waals surface area contributed by atoms with E-state index in [9.17, 15) is 4.79 Å². The number of hydrogen-bond donors (Lipinski definition) is 0. The number of rotatable bonds is 4. The van der Waals surface area contributed by atoms with E-state index in [1.807, 2.05) is 18.2 Å². The number of carbonyl (C=O) groups is 1. The molecule has 0 aliphatic heterocycles. The highest BCUT2D eigenvalue weighted by molar-refractivity contribution is 6.00. The van der Waals surface area contributed by atoms with Crippen molar-refractivity contribution >= 4 is 11.9 Å². The van der Waals surface area contributed by atoms with Gasteiger partial charge in [-0.25, -0.2) is 0 Å². The van der Waals surface area contributed by atoms with Crippen LogP contribution in [0, 0.1) is 0 Å². The quantitative estimate of drug-likeness (QED) is 0.831. The van der Waals surface area contributed by atoms with Crippen LogP contribution in [-0.4, -0.2) is 20.0 Å². The fourth-order valence-corrected chi connectivity index (χ4v) is 2.13. The highest BCUT2D eigenvalue weighted by Crippen LogP contribution is 2.35. The number of carbonyl (C=O) groups excluding carboxylic acids is 1. The van der Waals surface area contributed by atoms with Crippen LogP contribution in [0.25, 0.3) is 6.08 Å². The van der Waals surface area contributed by atoms with E-state index >= 15 is 0 Å². The van der Waals surface area contributed by atoms with Crippen LogP contribution in [0.15, 0.2) is 49.1 Å². The lowest BCUT2D eigenvalue weighted by Gasteiger charge is -2.29. The van der Waals surface area contributed by atoms with Gasteiger partial charge in [-0.05, 0) is 42.0 Å². The lowest BCUT2D eigenvalue weighted by molar-refractivity contribution is -0.110. The average molecular weight is 256 g/mol. The van der Waals surface area contributed by atoms with E-state index in [4.69, 9.17) is 9.47 Å². The first kappa shape index (κ1) is 13.3. The maximum Gasteiger partial charge on any atom is 0.178 e. The van der Waals surface area contributed by atoms with Gasteiger partial charge in [-0.2, -0.15) is 0 Å². The molecule has 0 N–H and O–H groups in total. The highest BCUT2D eigenvalue weighted by atomic mass is 16.5. The minimum absolute atomic E-state index is 0.0456. The fraction of sp³-hybridized carbons (Fsp3) is 0.188. The predicted octanol–water partition coefficient (Wildman–Crippen LogP) is 2.88. The number of ether oxygens (including phenoxy) is 2. The Kier molecular flexibility index (Phi) is 3.67. The summed E-state index contributed by atoms with van der Waals surface area (Å²) in [5, 5.41) is 0. The summed E-state index contributed by atoms with van der Waals surface area (Å²) in [6.07, 6.45) is 8.27. The van der Waals surface area contributed by atoms with E-state index < -0.39 is 5.60 Å². The van der Waals surface area contributed by atoms with Crippen molar-refractivity contribution in [3.8, 4) is 5.75 Å². The Balaban J connectivity index is 2.60. The third-order valence-electron chi connectivity index (χ3n) is 3.23. The van der Waals surface area contributed by atoms with Gasteiger partial charge in [0.05, 0.1) is 7.11 Å². The highest BCUT2D eigenvalue weighted by Gasteiger charge is 2.30. The number of benzene rings is 1. The van der Waals surface area contributed by atoms with Crippen LogP contribution < -0.4 is 4.74 Å². The number of allylic oxidation sites excluding steroid dienone is 2. The zero-order valence-electron chi connectivity index (χ0n) is 11.1. The standard InChI is InChI=1S/C16H16O3/c1-4-12-5-6-14(18-2)11-15(12)16(19-3)9-7-13(17)8-10-16/h4-11H,1H2,2-3H3. The molecule has 0 atom stereocenters. The Morgan fingerprint density at radius 2 is 1.89 bits per heavy atom. The van der Waals surface area contributed by atoms with E-state index in [2.05, 4.69) is 6.58 Å². The van der Waals surface area contributed by atoms with Crippen LogP contribution in [0.5, 0.6) is 5.75 Å². The van der Waals surface area contributed by atoms with Crippen molar-refractivity contribution < 1.29 is 14.3 Å². The van der Waals surface area contributed by atoms with Crippen molar-refractivity contribution in [2.24, 2.45) is 0 Å². The Hall–Kier alpha value is -2.13. The molecule has 98 valence electrons. The molecule has 1 aliphatic carbocycles. The van der Waals surface area contributed by atoms with Crippen molar-refractivity contribution in [3.05, 3.63) is 60.2 Å². The van der Waals surface area contributed by atoms with Crippen molar-refractivity contribution in [3.63, 3.8) is 0 Å². The molecule has 0 spiro atoms. The molecule has 0 saturated heterocycles. The van der Waals surface area contributed by atoms with E-state index in [0.29, 0.717) is 0 Å². The molecule has 2 rings (SSSR count). The minimum Gasteiger partial charge on any atom is -0.497 e. The van der Waals surface area contributed by atoms with Crippen LogP contribution in [0.1, 0.15) is 11.1 Å². The molecule has 19 heavy (non-hydrogen) atoms. The van der Waals surface area contributed by atoms with Crippen LogP contribution >= 0.6 is 0 Å². The van der Waals surface area contributed by atoms with Crippen molar-refractivity contribution in [1.82, 2.24) is 0 Å². The van der Waals surface area contributed by atoms with Crippen molar-refractivity contribution in [2.45, 2.75) is 5.60 Å². The Morgan fingerprint density at radius 1 is 1.21 bits per heavy atom. The van der Waals surface area contributed by atoms with Gasteiger partial charge in [0.1, 0.15) is 11.4 Å². The number of ketones is 1. The monoisotopic (exact) mass is 256 g/mol. The van der Waals surface area contributed by atoms with Gasteiger partial charge in [0.2, 0.25) is 0 Å². The second-order valence-electron chi connectivity index (χ2n) is 4.22. The first-order valence-electron chi connectivity index (χ1n) is 5.94. The molecule has 0 fully saturated rings. The number of hydrogen-bond acceptors (Lipinski definition) is 3. The van der Waals surface area contributed by atoms with Gasteiger partial charge >= 0.3 is 0 Å². The second kappa shape index (κ2) is 5.24. The summed E-state index contributed by atoms with van der Waals surface area (Å²) in [7, 11) is 3.22. The fourth-order valence-electron chi connectivity index (χ4n) is 2.13. The van der Waals surface area contributed by atoms with Gasteiger partial charge in [0, 0.05) is 12.7 Å². The molecule has 3 nitrogen and oxygen atoms in total. The van der Waals surface area contributed by atoms with Crippen LogP contribution in [0.4, 0.5) is 0 Å². The van der Waals surface area contributed by atoms with Gasteiger partial charge in [-0.1, -0.05) is 18.7 Å². The number of methoxy groups -OCH3 is 2. The third-order valence-corrected chi connectivity index (χ3v) is 3.23. The molecular formula is C16H16O3. The van der Waals surface area contributed by atoms with E-state index in [-0.39, 0.29) is 5.78 Å². The SMILES string of the molecule is C=Cc1ccc(OC)cc1C1(OC)C=CC(=O)C=C1. The minimum atomic E-state index is -0.758. The summed E-state index contributed by atoms with van der Waals surface area (Å²) in [6.45, 7) is 3.81. The maximum absolute atomic E-state index is 11.3. The molecule has 0 bridgehead atoms. The molecule has 3 heteroatoms.